The number of hydrogen-bond donors (Lipinski definition) is 1. The van der Waals surface area contributed by atoms with Crippen molar-refractivity contribution in [3.05, 3.63) is 108 Å². The first kappa shape index (κ1) is 27.0. The zero-order valence-electron chi connectivity index (χ0n) is 23.3. The Morgan fingerprint density at radius 1 is 0.951 bits per heavy atom. The number of carbonyl (C=O) groups is 1. The van der Waals surface area contributed by atoms with Crippen LogP contribution in [-0.4, -0.2) is 40.7 Å². The second kappa shape index (κ2) is 12.5. The first-order valence-electron chi connectivity index (χ1n) is 14.8. The Hall–Kier alpha value is -4.19. The smallest absolute Gasteiger partial charge is 0.246 e. The summed E-state index contributed by atoms with van der Waals surface area (Å²) < 4.78 is 20.6. The number of aromatic amines is 1. The van der Waals surface area contributed by atoms with Crippen LogP contribution >= 0.6 is 0 Å². The van der Waals surface area contributed by atoms with Gasteiger partial charge in [-0.2, -0.15) is 9.49 Å². The normalized spacial score (nSPS) is 16.0. The predicted molar refractivity (Wildman–Crippen MR) is 162 cm³/mol. The van der Waals surface area contributed by atoms with E-state index in [-0.39, 0.29) is 5.91 Å². The van der Waals surface area contributed by atoms with Crippen LogP contribution in [0.15, 0.2) is 84.9 Å². The largest absolute Gasteiger partial charge is 0.494 e. The van der Waals surface area contributed by atoms with Crippen molar-refractivity contribution in [3.63, 3.8) is 0 Å². The van der Waals surface area contributed by atoms with E-state index < -0.39 is 5.95 Å². The van der Waals surface area contributed by atoms with E-state index in [0.29, 0.717) is 23.4 Å². The summed E-state index contributed by atoms with van der Waals surface area (Å²) in [7, 11) is 0. The lowest BCUT2D eigenvalue weighted by Gasteiger charge is -2.31. The molecule has 1 aliphatic heterocycles. The Morgan fingerprint density at radius 2 is 1.73 bits per heavy atom. The van der Waals surface area contributed by atoms with E-state index in [0.717, 1.165) is 74.1 Å². The maximum atomic E-state index is 14.5. The van der Waals surface area contributed by atoms with Crippen LogP contribution in [0.25, 0.3) is 22.0 Å². The van der Waals surface area contributed by atoms with Gasteiger partial charge in [0, 0.05) is 13.1 Å². The molecule has 41 heavy (non-hydrogen) atoms. The zero-order valence-corrected chi connectivity index (χ0v) is 23.3. The average molecular weight is 550 g/mol. The maximum absolute atomic E-state index is 14.5. The van der Waals surface area contributed by atoms with E-state index in [1.54, 1.807) is 6.08 Å². The number of nitrogens with one attached hydrogen (secondary N) is 1. The van der Waals surface area contributed by atoms with Gasteiger partial charge in [0.15, 0.2) is 0 Å². The third kappa shape index (κ3) is 6.12. The highest BCUT2D eigenvalue weighted by Crippen LogP contribution is 2.45. The van der Waals surface area contributed by atoms with Crippen LogP contribution in [-0.2, 0) is 4.79 Å². The Labute approximate surface area is 240 Å². The third-order valence-corrected chi connectivity index (χ3v) is 8.27. The number of aromatic nitrogens is 2. The third-order valence-electron chi connectivity index (χ3n) is 8.27. The van der Waals surface area contributed by atoms with Crippen molar-refractivity contribution in [2.75, 3.05) is 19.7 Å². The molecule has 6 rings (SSSR count). The Morgan fingerprint density at radius 3 is 2.44 bits per heavy atom. The molecule has 1 amide bonds. The molecule has 2 fully saturated rings. The summed E-state index contributed by atoms with van der Waals surface area (Å²) in [6.45, 7) is 2.41. The monoisotopic (exact) mass is 549 g/mol. The van der Waals surface area contributed by atoms with E-state index in [9.17, 15) is 9.18 Å². The highest BCUT2D eigenvalue weighted by atomic mass is 19.1. The number of H-pyrrole nitrogens is 1. The maximum Gasteiger partial charge on any atom is 0.246 e. The minimum absolute atomic E-state index is 0.128. The number of nitrogens with zero attached hydrogens (tertiary/aromatic N) is 2. The molecule has 0 unspecified atom stereocenters. The van der Waals surface area contributed by atoms with Gasteiger partial charge in [-0.3, -0.25) is 9.89 Å². The number of benzene rings is 3. The fourth-order valence-electron chi connectivity index (χ4n) is 5.61. The van der Waals surface area contributed by atoms with E-state index >= 15 is 0 Å². The SMILES string of the molecule is O=C(/C=C/CCCCOc1ccc(/C(=C(\c2ccccc2)C2CCC2)c2ccc3n[nH]c(F)c3c2)cc1)N1CCC1. The van der Waals surface area contributed by atoms with E-state index in [2.05, 4.69) is 52.7 Å². The first-order valence-corrected chi connectivity index (χ1v) is 14.8. The van der Waals surface area contributed by atoms with Gasteiger partial charge in [0.25, 0.3) is 0 Å². The lowest BCUT2D eigenvalue weighted by Crippen LogP contribution is -2.41. The molecule has 0 spiro atoms. The fraction of sp³-hybridized carbons (Fsp3) is 0.314. The van der Waals surface area contributed by atoms with Crippen molar-refractivity contribution >= 4 is 28.0 Å². The van der Waals surface area contributed by atoms with E-state index in [1.807, 2.05) is 41.3 Å². The summed E-state index contributed by atoms with van der Waals surface area (Å²) in [5.41, 5.74) is 6.35. The number of ether oxygens (including phenoxy) is 1. The molecule has 1 aliphatic carbocycles. The van der Waals surface area contributed by atoms with Crippen LogP contribution < -0.4 is 4.74 Å². The fourth-order valence-corrected chi connectivity index (χ4v) is 5.61. The van der Waals surface area contributed by atoms with Crippen molar-refractivity contribution in [2.24, 2.45) is 5.92 Å². The molecule has 210 valence electrons. The Balaban J connectivity index is 1.20. The van der Waals surface area contributed by atoms with Gasteiger partial charge in [0.05, 0.1) is 17.5 Å². The molecule has 5 nitrogen and oxygen atoms in total. The number of allylic oxidation sites excluding steroid dienone is 2. The van der Waals surface area contributed by atoms with Crippen LogP contribution in [0.3, 0.4) is 0 Å². The summed E-state index contributed by atoms with van der Waals surface area (Å²) in [6.07, 6.45) is 11.1. The number of halogens is 1. The van der Waals surface area contributed by atoms with Gasteiger partial charge in [-0.25, -0.2) is 0 Å². The van der Waals surface area contributed by atoms with Crippen LogP contribution in [0.1, 0.15) is 61.6 Å². The van der Waals surface area contributed by atoms with E-state index in [4.69, 9.17) is 4.74 Å². The lowest BCUT2D eigenvalue weighted by atomic mass is 9.73. The van der Waals surface area contributed by atoms with E-state index in [1.165, 1.54) is 17.6 Å². The number of carbonyl (C=O) groups excluding carboxylic acids is 1. The number of rotatable bonds is 11. The van der Waals surface area contributed by atoms with Crippen LogP contribution in [0.4, 0.5) is 4.39 Å². The molecule has 1 saturated heterocycles. The zero-order chi connectivity index (χ0) is 28.0. The second-order valence-corrected chi connectivity index (χ2v) is 11.0. The van der Waals surface area contributed by atoms with Gasteiger partial charge in [-0.1, -0.05) is 61.0 Å². The van der Waals surface area contributed by atoms with Crippen molar-refractivity contribution in [2.45, 2.75) is 44.9 Å². The molecule has 6 heteroatoms. The quantitative estimate of drug-likeness (QED) is 0.118. The summed E-state index contributed by atoms with van der Waals surface area (Å²) in [4.78, 5) is 13.8. The Kier molecular flexibility index (Phi) is 8.26. The van der Waals surface area contributed by atoms with Crippen molar-refractivity contribution < 1.29 is 13.9 Å². The van der Waals surface area contributed by atoms with Crippen LogP contribution in [0.2, 0.25) is 0 Å². The number of likely N-dealkylation sites (tertiary alicyclic amines) is 1. The molecule has 0 bridgehead atoms. The van der Waals surface area contributed by atoms with Crippen molar-refractivity contribution in [3.8, 4) is 5.75 Å². The lowest BCUT2D eigenvalue weighted by molar-refractivity contribution is -0.129. The standard InChI is InChI=1S/C35H36FN3O2/c36-35-30-24-28(17-20-31(30)37-38-35)34(33(26-12-8-13-26)25-10-4-3-5-11-25)27-15-18-29(19-16-27)41-23-7-2-1-6-14-32(40)39-21-9-22-39/h3-6,10-11,14-20,24,26H,1-2,7-9,12-13,21-23H2,(H,37,38)/b14-6+,34-33-. The molecular weight excluding hydrogens is 513 g/mol. The van der Waals surface area contributed by atoms with Gasteiger partial charge < -0.3 is 9.64 Å². The van der Waals surface area contributed by atoms with Gasteiger partial charge >= 0.3 is 0 Å². The van der Waals surface area contributed by atoms with Crippen LogP contribution in [0, 0.1) is 11.9 Å². The number of unbranched alkanes of at least 4 members (excludes halogenated alkanes) is 2. The second-order valence-electron chi connectivity index (χ2n) is 11.0. The molecule has 3 aromatic carbocycles. The molecule has 1 aromatic heterocycles. The average Bonchev–Trinajstić information content (AvgIpc) is 3.31. The summed E-state index contributed by atoms with van der Waals surface area (Å²) in [5, 5.41) is 7.06. The summed E-state index contributed by atoms with van der Waals surface area (Å²) in [5.74, 6) is 1.01. The highest BCUT2D eigenvalue weighted by Gasteiger charge is 2.27. The molecular formula is C35H36FN3O2. The summed E-state index contributed by atoms with van der Waals surface area (Å²) >= 11 is 0. The minimum Gasteiger partial charge on any atom is -0.494 e. The molecule has 4 aromatic rings. The topological polar surface area (TPSA) is 58.2 Å². The van der Waals surface area contributed by atoms with Gasteiger partial charge in [-0.05, 0) is 103 Å². The molecule has 2 heterocycles. The van der Waals surface area contributed by atoms with Crippen LogP contribution in [0.5, 0.6) is 5.75 Å². The van der Waals surface area contributed by atoms with Gasteiger partial charge in [0.2, 0.25) is 11.9 Å². The van der Waals surface area contributed by atoms with Crippen molar-refractivity contribution in [1.29, 1.82) is 0 Å². The minimum atomic E-state index is -0.409. The Bertz CT molecular complexity index is 1550. The predicted octanol–water partition coefficient (Wildman–Crippen LogP) is 7.80. The highest BCUT2D eigenvalue weighted by molar-refractivity contribution is 6.01. The molecule has 0 atom stereocenters. The first-order chi connectivity index (χ1) is 20.2. The molecule has 1 saturated carbocycles. The van der Waals surface area contributed by atoms with Gasteiger partial charge in [0.1, 0.15) is 5.75 Å². The number of amides is 1. The van der Waals surface area contributed by atoms with Gasteiger partial charge in [-0.15, -0.1) is 0 Å². The number of fused-ring (bicyclic) bond motifs is 1. The number of hydrogen-bond acceptors (Lipinski definition) is 3. The van der Waals surface area contributed by atoms with Crippen molar-refractivity contribution in [1.82, 2.24) is 15.1 Å². The molecule has 0 radical (unpaired) electrons. The summed E-state index contributed by atoms with van der Waals surface area (Å²) in [6, 6.07) is 24.7. The molecule has 2 aliphatic rings. The molecule has 1 N–H and O–H groups in total.